The molecule has 0 aliphatic carbocycles. The number of aromatic nitrogens is 2. The van der Waals surface area contributed by atoms with Gasteiger partial charge in [-0.15, -0.1) is 0 Å². The van der Waals surface area contributed by atoms with Gasteiger partial charge in [-0.25, -0.2) is 0 Å². The number of carboxylic acid groups (broad SMARTS) is 1. The summed E-state index contributed by atoms with van der Waals surface area (Å²) in [6, 6.07) is 9.53. The van der Waals surface area contributed by atoms with Gasteiger partial charge in [-0.2, -0.15) is 9.78 Å². The Bertz CT molecular complexity index is 634. The summed E-state index contributed by atoms with van der Waals surface area (Å²) in [6.45, 7) is 0. The molecular formula is C12H10N2O4. The second-order valence-corrected chi connectivity index (χ2v) is 3.63. The predicted molar refractivity (Wildman–Crippen MR) is 62.8 cm³/mol. The van der Waals surface area contributed by atoms with Gasteiger partial charge < -0.3 is 10.2 Å². The van der Waals surface area contributed by atoms with Gasteiger partial charge in [0.1, 0.15) is 11.4 Å². The Labute approximate surface area is 102 Å². The molecule has 1 aromatic carbocycles. The van der Waals surface area contributed by atoms with E-state index in [1.165, 1.54) is 0 Å². The van der Waals surface area contributed by atoms with Crippen LogP contribution in [0.2, 0.25) is 0 Å². The number of aliphatic carboxylic acids is 1. The van der Waals surface area contributed by atoms with Gasteiger partial charge in [0.05, 0.1) is 12.1 Å². The first-order chi connectivity index (χ1) is 8.58. The van der Waals surface area contributed by atoms with E-state index in [-0.39, 0.29) is 5.69 Å². The van der Waals surface area contributed by atoms with Crippen molar-refractivity contribution in [3.8, 4) is 11.4 Å². The van der Waals surface area contributed by atoms with E-state index in [1.54, 1.807) is 30.3 Å². The summed E-state index contributed by atoms with van der Waals surface area (Å²) < 4.78 is 1.05. The molecule has 0 fully saturated rings. The van der Waals surface area contributed by atoms with Crippen molar-refractivity contribution in [2.75, 3.05) is 0 Å². The number of hydrogen-bond acceptors (Lipinski definition) is 4. The predicted octanol–water partition coefficient (Wildman–Crippen LogP) is 0.565. The Morgan fingerprint density at radius 1 is 1.28 bits per heavy atom. The topological polar surface area (TPSA) is 92.4 Å². The fourth-order valence-electron chi connectivity index (χ4n) is 1.51. The third-order valence-electron chi connectivity index (χ3n) is 2.30. The highest BCUT2D eigenvalue weighted by molar-refractivity contribution is 5.70. The van der Waals surface area contributed by atoms with Crippen LogP contribution in [0.5, 0.6) is 5.75 Å². The lowest BCUT2D eigenvalue weighted by Gasteiger charge is -2.07. The first-order valence-corrected chi connectivity index (χ1v) is 5.17. The van der Waals surface area contributed by atoms with E-state index in [0.717, 1.165) is 10.7 Å². The monoisotopic (exact) mass is 246 g/mol. The molecule has 0 bridgehead atoms. The number of carbonyl (C=O) groups is 1. The average Bonchev–Trinajstić information content (AvgIpc) is 2.33. The number of rotatable bonds is 3. The first-order valence-electron chi connectivity index (χ1n) is 5.17. The molecule has 2 N–H and O–H groups in total. The molecule has 2 rings (SSSR count). The number of carboxylic acids is 1. The summed E-state index contributed by atoms with van der Waals surface area (Å²) in [5, 5.41) is 22.0. The minimum atomic E-state index is -1.13. The van der Waals surface area contributed by atoms with Crippen LogP contribution in [0.25, 0.3) is 5.69 Å². The second kappa shape index (κ2) is 4.70. The van der Waals surface area contributed by atoms with Crippen LogP contribution in [-0.4, -0.2) is 26.0 Å². The van der Waals surface area contributed by atoms with E-state index in [1.807, 2.05) is 0 Å². The Morgan fingerprint density at radius 2 is 1.94 bits per heavy atom. The van der Waals surface area contributed by atoms with E-state index in [9.17, 15) is 14.7 Å². The molecule has 0 amide bonds. The highest BCUT2D eigenvalue weighted by Gasteiger charge is 2.12. The van der Waals surface area contributed by atoms with Gasteiger partial charge in [0, 0.05) is 6.07 Å². The van der Waals surface area contributed by atoms with E-state index >= 15 is 0 Å². The molecule has 1 heterocycles. The molecule has 0 unspecified atom stereocenters. The number of nitrogens with zero attached hydrogens (tertiary/aromatic N) is 2. The van der Waals surface area contributed by atoms with Crippen molar-refractivity contribution in [3.05, 3.63) is 52.4 Å². The number of hydrogen-bond donors (Lipinski definition) is 2. The van der Waals surface area contributed by atoms with Crippen molar-refractivity contribution in [1.29, 1.82) is 0 Å². The van der Waals surface area contributed by atoms with Crippen LogP contribution in [0.3, 0.4) is 0 Å². The largest absolute Gasteiger partial charge is 0.506 e. The Morgan fingerprint density at radius 3 is 2.56 bits per heavy atom. The maximum absolute atomic E-state index is 11.7. The van der Waals surface area contributed by atoms with Gasteiger partial charge in [0.15, 0.2) is 0 Å². The van der Waals surface area contributed by atoms with Crippen LogP contribution >= 0.6 is 0 Å². The number of aromatic hydroxyl groups is 1. The zero-order valence-electron chi connectivity index (χ0n) is 9.28. The molecule has 92 valence electrons. The van der Waals surface area contributed by atoms with Crippen LogP contribution in [0.15, 0.2) is 41.2 Å². The molecule has 0 aliphatic rings. The maximum atomic E-state index is 11.7. The van der Waals surface area contributed by atoms with E-state index in [4.69, 9.17) is 5.11 Å². The lowest BCUT2D eigenvalue weighted by molar-refractivity contribution is -0.136. The zero-order chi connectivity index (χ0) is 13.1. The third kappa shape index (κ3) is 2.37. The van der Waals surface area contributed by atoms with Gasteiger partial charge in [-0.05, 0) is 12.1 Å². The highest BCUT2D eigenvalue weighted by Crippen LogP contribution is 2.12. The standard InChI is InChI=1S/C12H10N2O4/c15-10-7-11(16)14(8-4-2-1-3-5-8)13-9(10)6-12(17)18/h1-5,7,15H,6H2,(H,17,18). The molecule has 0 radical (unpaired) electrons. The summed E-state index contributed by atoms with van der Waals surface area (Å²) in [7, 11) is 0. The van der Waals surface area contributed by atoms with Crippen molar-refractivity contribution in [1.82, 2.24) is 9.78 Å². The molecule has 6 nitrogen and oxygen atoms in total. The molecule has 0 aliphatic heterocycles. The summed E-state index contributed by atoms with van der Waals surface area (Å²) >= 11 is 0. The molecule has 1 aromatic heterocycles. The van der Waals surface area contributed by atoms with E-state index in [0.29, 0.717) is 5.69 Å². The maximum Gasteiger partial charge on any atom is 0.309 e. The lowest BCUT2D eigenvalue weighted by atomic mass is 10.2. The molecule has 0 spiro atoms. The lowest BCUT2D eigenvalue weighted by Crippen LogP contribution is -2.22. The quantitative estimate of drug-likeness (QED) is 0.825. The normalized spacial score (nSPS) is 10.2. The molecule has 2 aromatic rings. The fourth-order valence-corrected chi connectivity index (χ4v) is 1.51. The fraction of sp³-hybridized carbons (Fsp3) is 0.0833. The minimum absolute atomic E-state index is 0.0500. The molecule has 0 saturated carbocycles. The Kier molecular flexibility index (Phi) is 3.09. The van der Waals surface area contributed by atoms with Crippen molar-refractivity contribution in [2.24, 2.45) is 0 Å². The van der Waals surface area contributed by atoms with Gasteiger partial charge in [-0.3, -0.25) is 9.59 Å². The van der Waals surface area contributed by atoms with Crippen LogP contribution in [0, 0.1) is 0 Å². The SMILES string of the molecule is O=C(O)Cc1nn(-c2ccccc2)c(=O)cc1O. The summed E-state index contributed by atoms with van der Waals surface area (Å²) in [5.41, 5.74) is -0.0621. The molecule has 0 atom stereocenters. The van der Waals surface area contributed by atoms with Crippen LogP contribution in [0.1, 0.15) is 5.69 Å². The van der Waals surface area contributed by atoms with Crippen molar-refractivity contribution < 1.29 is 15.0 Å². The van der Waals surface area contributed by atoms with Gasteiger partial charge in [0.25, 0.3) is 5.56 Å². The van der Waals surface area contributed by atoms with Gasteiger partial charge >= 0.3 is 5.97 Å². The minimum Gasteiger partial charge on any atom is -0.506 e. The van der Waals surface area contributed by atoms with Gasteiger partial charge in [0.2, 0.25) is 0 Å². The smallest absolute Gasteiger partial charge is 0.309 e. The summed E-state index contributed by atoms with van der Waals surface area (Å²) in [6.07, 6.45) is -0.445. The average molecular weight is 246 g/mol. The Balaban J connectivity index is 2.55. The summed E-state index contributed by atoms with van der Waals surface area (Å²) in [4.78, 5) is 22.3. The first kappa shape index (κ1) is 11.8. The number of benzene rings is 1. The van der Waals surface area contributed by atoms with Gasteiger partial charge in [-0.1, -0.05) is 18.2 Å². The second-order valence-electron chi connectivity index (χ2n) is 3.63. The van der Waals surface area contributed by atoms with E-state index < -0.39 is 23.7 Å². The van der Waals surface area contributed by atoms with Crippen molar-refractivity contribution in [3.63, 3.8) is 0 Å². The summed E-state index contributed by atoms with van der Waals surface area (Å²) in [5.74, 6) is -1.54. The molecule has 6 heteroatoms. The number of para-hydroxylation sites is 1. The van der Waals surface area contributed by atoms with Crippen LogP contribution in [0.4, 0.5) is 0 Å². The third-order valence-corrected chi connectivity index (χ3v) is 2.30. The zero-order valence-corrected chi connectivity index (χ0v) is 9.28. The van der Waals surface area contributed by atoms with Crippen LogP contribution in [-0.2, 0) is 11.2 Å². The highest BCUT2D eigenvalue weighted by atomic mass is 16.4. The van der Waals surface area contributed by atoms with E-state index in [2.05, 4.69) is 5.10 Å². The van der Waals surface area contributed by atoms with Crippen molar-refractivity contribution in [2.45, 2.75) is 6.42 Å². The molecule has 18 heavy (non-hydrogen) atoms. The molecular weight excluding hydrogens is 236 g/mol. The molecule has 0 saturated heterocycles. The Hall–Kier alpha value is -2.63. The van der Waals surface area contributed by atoms with Crippen LogP contribution < -0.4 is 5.56 Å². The van der Waals surface area contributed by atoms with Crippen molar-refractivity contribution >= 4 is 5.97 Å².